The highest BCUT2D eigenvalue weighted by molar-refractivity contribution is 8.34. The summed E-state index contributed by atoms with van der Waals surface area (Å²) in [4.78, 5) is 3.44. The van der Waals surface area contributed by atoms with Gasteiger partial charge in [0.25, 0.3) is 0 Å². The van der Waals surface area contributed by atoms with Crippen molar-refractivity contribution in [3.05, 3.63) is 72.8 Å². The van der Waals surface area contributed by atoms with Gasteiger partial charge < -0.3 is 14.9 Å². The van der Waals surface area contributed by atoms with Crippen molar-refractivity contribution in [1.29, 1.82) is 0 Å². The molecule has 3 aromatic rings. The van der Waals surface area contributed by atoms with E-state index in [0.717, 1.165) is 15.5 Å². The van der Waals surface area contributed by atoms with Crippen LogP contribution in [0.25, 0.3) is 0 Å². The number of rotatable bonds is 2. The van der Waals surface area contributed by atoms with Crippen molar-refractivity contribution < 1.29 is 14.9 Å². The first kappa shape index (κ1) is 14.0. The molecule has 3 nitrogen and oxygen atoms in total. The molecule has 0 saturated heterocycles. The Balaban J connectivity index is 1.99. The second kappa shape index (κ2) is 5.25. The van der Waals surface area contributed by atoms with Gasteiger partial charge in [0.1, 0.15) is 23.2 Å². The zero-order valence-electron chi connectivity index (χ0n) is 12.3. The maximum Gasteiger partial charge on any atom is 0.133 e. The molecular formula is C19H16O3S. The normalized spacial score (nSPS) is 16.3. The summed E-state index contributed by atoms with van der Waals surface area (Å²) in [6.45, 7) is 0. The zero-order chi connectivity index (χ0) is 15.9. The number of hydrogen-bond donors (Lipinski definition) is 2. The number of ether oxygens (including phenoxy) is 1. The Morgan fingerprint density at radius 3 is 1.78 bits per heavy atom. The highest BCUT2D eigenvalue weighted by Gasteiger charge is 2.38. The maximum atomic E-state index is 9.63. The van der Waals surface area contributed by atoms with E-state index < -0.39 is 10.0 Å². The lowest BCUT2D eigenvalue weighted by molar-refractivity contribution is 0.395. The summed E-state index contributed by atoms with van der Waals surface area (Å²) in [5.41, 5.74) is 0. The van der Waals surface area contributed by atoms with E-state index >= 15 is 0 Å². The molecule has 1 heterocycles. The lowest BCUT2D eigenvalue weighted by Gasteiger charge is -2.35. The van der Waals surface area contributed by atoms with E-state index in [1.165, 1.54) is 4.90 Å². The largest absolute Gasteiger partial charge is 0.508 e. The van der Waals surface area contributed by atoms with Crippen LogP contribution in [0.2, 0.25) is 0 Å². The number of benzene rings is 3. The molecule has 0 amide bonds. The molecule has 1 aliphatic rings. The van der Waals surface area contributed by atoms with E-state index in [0.29, 0.717) is 5.94 Å². The number of hydrogen-bond acceptors (Lipinski definition) is 3. The molecule has 0 saturated carbocycles. The Morgan fingerprint density at radius 1 is 0.696 bits per heavy atom. The number of phenolic OH excluding ortho intramolecular Hbond substituents is 2. The van der Waals surface area contributed by atoms with Crippen molar-refractivity contribution in [3.8, 4) is 17.2 Å². The lowest BCUT2D eigenvalue weighted by Crippen LogP contribution is -2.05. The van der Waals surface area contributed by atoms with Gasteiger partial charge in [-0.15, -0.1) is 10.0 Å². The average molecular weight is 324 g/mol. The number of fused-ring (bicyclic) bond motifs is 1. The van der Waals surface area contributed by atoms with Gasteiger partial charge in [0.15, 0.2) is 0 Å². The highest BCUT2D eigenvalue weighted by atomic mass is 32.3. The first-order valence-electron chi connectivity index (χ1n) is 7.31. The Bertz CT molecular complexity index is 796. The van der Waals surface area contributed by atoms with Crippen LogP contribution in [0.4, 0.5) is 0 Å². The molecule has 0 fully saturated rings. The fourth-order valence-electron chi connectivity index (χ4n) is 2.96. The molecule has 1 aliphatic heterocycles. The van der Waals surface area contributed by atoms with Gasteiger partial charge in [0.05, 0.1) is 0 Å². The van der Waals surface area contributed by atoms with Gasteiger partial charge >= 0.3 is 0 Å². The van der Waals surface area contributed by atoms with Gasteiger partial charge in [-0.2, -0.15) is 0 Å². The smallest absolute Gasteiger partial charge is 0.133 e. The summed E-state index contributed by atoms with van der Waals surface area (Å²) >= 11 is 0. The van der Waals surface area contributed by atoms with Gasteiger partial charge in [-0.3, -0.25) is 0 Å². The molecule has 0 aliphatic carbocycles. The molecule has 0 unspecified atom stereocenters. The predicted octanol–water partition coefficient (Wildman–Crippen LogP) is 4.73. The summed E-state index contributed by atoms with van der Waals surface area (Å²) in [6.07, 6.45) is 0. The number of phenols is 2. The summed E-state index contributed by atoms with van der Waals surface area (Å²) in [7, 11) is -1.56. The maximum absolute atomic E-state index is 9.63. The Kier molecular flexibility index (Phi) is 3.20. The molecule has 2 N–H and O–H groups in total. The third-order valence-electron chi connectivity index (χ3n) is 4.09. The first-order valence-corrected chi connectivity index (χ1v) is 9.11. The van der Waals surface area contributed by atoms with Gasteiger partial charge in [-0.1, -0.05) is 12.1 Å². The van der Waals surface area contributed by atoms with Crippen LogP contribution < -0.4 is 4.74 Å². The summed E-state index contributed by atoms with van der Waals surface area (Å²) < 4.78 is 6.00. The molecule has 23 heavy (non-hydrogen) atoms. The molecule has 0 spiro atoms. The van der Waals surface area contributed by atoms with Crippen molar-refractivity contribution in [1.82, 2.24) is 0 Å². The summed E-state index contributed by atoms with van der Waals surface area (Å²) in [6, 6.07) is 22.8. The Morgan fingerprint density at radius 2 is 1.22 bits per heavy atom. The van der Waals surface area contributed by atoms with Crippen LogP contribution in [0.5, 0.6) is 17.2 Å². The van der Waals surface area contributed by atoms with E-state index in [2.05, 4.69) is 6.07 Å². The first-order chi connectivity index (χ1) is 11.2. The molecule has 0 aromatic heterocycles. The van der Waals surface area contributed by atoms with E-state index in [1.54, 1.807) is 24.3 Å². The fraction of sp³-hybridized carbons (Fsp3) is 0.0526. The molecular weight excluding hydrogens is 308 g/mol. The van der Waals surface area contributed by atoms with E-state index in [1.807, 2.05) is 42.5 Å². The van der Waals surface area contributed by atoms with Crippen LogP contribution in [0.1, 0.15) is 0 Å². The molecule has 0 bridgehead atoms. The molecule has 0 atom stereocenters. The SMILES string of the molecule is Oc1ccc(S2(c3ccc(O)cc3)COc3ccccc32)cc1. The lowest BCUT2D eigenvalue weighted by atomic mass is 10.3. The van der Waals surface area contributed by atoms with Crippen LogP contribution in [-0.2, 0) is 0 Å². The quantitative estimate of drug-likeness (QED) is 0.716. The van der Waals surface area contributed by atoms with Crippen molar-refractivity contribution in [2.24, 2.45) is 0 Å². The third-order valence-corrected chi connectivity index (χ3v) is 7.81. The van der Waals surface area contributed by atoms with Crippen molar-refractivity contribution in [2.75, 3.05) is 5.94 Å². The molecule has 4 rings (SSSR count). The van der Waals surface area contributed by atoms with Crippen LogP contribution in [0.15, 0.2) is 87.5 Å². The van der Waals surface area contributed by atoms with Gasteiger partial charge in [0.2, 0.25) is 0 Å². The van der Waals surface area contributed by atoms with Crippen LogP contribution >= 0.6 is 10.0 Å². The van der Waals surface area contributed by atoms with Crippen molar-refractivity contribution in [3.63, 3.8) is 0 Å². The van der Waals surface area contributed by atoms with Crippen molar-refractivity contribution in [2.45, 2.75) is 14.7 Å². The predicted molar refractivity (Wildman–Crippen MR) is 90.5 cm³/mol. The molecule has 0 radical (unpaired) electrons. The standard InChI is InChI=1S/C19H16O3S/c20-14-5-9-16(10-6-14)23(17-11-7-15(21)8-12-17)13-22-18-3-1-2-4-19(18)23/h1-12,20-21H,13H2. The zero-order valence-corrected chi connectivity index (χ0v) is 13.2. The van der Waals surface area contributed by atoms with Gasteiger partial charge in [0, 0.05) is 14.7 Å². The third kappa shape index (κ3) is 2.14. The fourth-order valence-corrected chi connectivity index (χ4v) is 6.42. The van der Waals surface area contributed by atoms with E-state index in [4.69, 9.17) is 4.74 Å². The highest BCUT2D eigenvalue weighted by Crippen LogP contribution is 2.73. The average Bonchev–Trinajstić information content (AvgIpc) is 2.97. The summed E-state index contributed by atoms with van der Waals surface area (Å²) in [5, 5.41) is 19.3. The van der Waals surface area contributed by atoms with Gasteiger partial charge in [-0.25, -0.2) is 0 Å². The number of aromatic hydroxyl groups is 2. The summed E-state index contributed by atoms with van der Waals surface area (Å²) in [5.74, 6) is 1.98. The minimum absolute atomic E-state index is 0.251. The number of para-hydroxylation sites is 1. The van der Waals surface area contributed by atoms with Crippen LogP contribution in [-0.4, -0.2) is 16.2 Å². The monoisotopic (exact) mass is 324 g/mol. The van der Waals surface area contributed by atoms with Gasteiger partial charge in [-0.05, 0) is 60.7 Å². The van der Waals surface area contributed by atoms with Crippen molar-refractivity contribution >= 4 is 10.0 Å². The minimum atomic E-state index is -1.56. The minimum Gasteiger partial charge on any atom is -0.508 e. The Hall–Kier alpha value is -2.59. The molecule has 4 heteroatoms. The molecule has 116 valence electrons. The van der Waals surface area contributed by atoms with Crippen LogP contribution in [0, 0.1) is 0 Å². The molecule has 3 aromatic carbocycles. The Labute approximate surface area is 136 Å². The van der Waals surface area contributed by atoms with E-state index in [9.17, 15) is 10.2 Å². The van der Waals surface area contributed by atoms with Crippen LogP contribution in [0.3, 0.4) is 0 Å². The van der Waals surface area contributed by atoms with E-state index in [-0.39, 0.29) is 11.5 Å². The second-order valence-corrected chi connectivity index (χ2v) is 8.53. The second-order valence-electron chi connectivity index (χ2n) is 5.44. The topological polar surface area (TPSA) is 49.7 Å².